The number of carboxylic acids is 1. The molecule has 0 aliphatic heterocycles. The third kappa shape index (κ3) is 7.86. The van der Waals surface area contributed by atoms with Crippen LogP contribution in [0.3, 0.4) is 0 Å². The van der Waals surface area contributed by atoms with E-state index in [4.69, 9.17) is 5.11 Å². The monoisotopic (exact) mass is 323 g/mol. The third-order valence-corrected chi connectivity index (χ3v) is 4.01. The van der Waals surface area contributed by atoms with Crippen molar-refractivity contribution in [2.24, 2.45) is 5.41 Å². The van der Waals surface area contributed by atoms with Gasteiger partial charge in [-0.3, -0.25) is 4.79 Å². The predicted octanol–water partition coefficient (Wildman–Crippen LogP) is 0.114. The van der Waals surface area contributed by atoms with E-state index in [0.717, 1.165) is 6.26 Å². The number of hydrogen-bond donors (Lipinski definition) is 4. The van der Waals surface area contributed by atoms with Crippen molar-refractivity contribution in [3.63, 3.8) is 0 Å². The van der Waals surface area contributed by atoms with Crippen molar-refractivity contribution in [1.29, 1.82) is 0 Å². The molecule has 0 saturated heterocycles. The van der Waals surface area contributed by atoms with Crippen molar-refractivity contribution >= 4 is 22.0 Å². The number of carbonyl (C=O) groups excluding carboxylic acids is 1. The molecule has 2 amide bonds. The van der Waals surface area contributed by atoms with Crippen LogP contribution >= 0.6 is 0 Å². The molecular weight excluding hydrogens is 298 g/mol. The summed E-state index contributed by atoms with van der Waals surface area (Å²) in [6.45, 7) is 6.59. The zero-order chi connectivity index (χ0) is 16.9. The Bertz CT molecular complexity index is 489. The number of urea groups is 1. The van der Waals surface area contributed by atoms with Gasteiger partial charge in [0, 0.05) is 18.6 Å². The van der Waals surface area contributed by atoms with Gasteiger partial charge in [-0.1, -0.05) is 6.92 Å². The molecule has 124 valence electrons. The Morgan fingerprint density at radius 3 is 1.95 bits per heavy atom. The number of nitrogens with one attached hydrogen (secondary N) is 3. The van der Waals surface area contributed by atoms with E-state index in [1.54, 1.807) is 27.7 Å². The van der Waals surface area contributed by atoms with Gasteiger partial charge < -0.3 is 15.7 Å². The molecule has 0 saturated carbocycles. The van der Waals surface area contributed by atoms with E-state index < -0.39 is 33.0 Å². The van der Waals surface area contributed by atoms with Crippen LogP contribution in [0.25, 0.3) is 0 Å². The van der Waals surface area contributed by atoms with Crippen molar-refractivity contribution in [3.8, 4) is 0 Å². The van der Waals surface area contributed by atoms with Crippen molar-refractivity contribution in [2.75, 3.05) is 19.3 Å². The number of carboxylic acid groups (broad SMARTS) is 1. The van der Waals surface area contributed by atoms with Crippen LogP contribution in [0, 0.1) is 5.41 Å². The summed E-state index contributed by atoms with van der Waals surface area (Å²) in [4.78, 5) is 22.7. The Hall–Kier alpha value is -1.35. The zero-order valence-corrected chi connectivity index (χ0v) is 13.9. The lowest BCUT2D eigenvalue weighted by Gasteiger charge is -2.26. The highest BCUT2D eigenvalue weighted by Gasteiger charge is 2.31. The predicted molar refractivity (Wildman–Crippen MR) is 79.5 cm³/mol. The summed E-state index contributed by atoms with van der Waals surface area (Å²) < 4.78 is 24.7. The first-order valence-electron chi connectivity index (χ1n) is 6.55. The number of rotatable bonds is 8. The molecule has 9 heteroatoms. The van der Waals surface area contributed by atoms with E-state index in [1.165, 1.54) is 0 Å². The lowest BCUT2D eigenvalue weighted by Crippen LogP contribution is -2.53. The van der Waals surface area contributed by atoms with Crippen LogP contribution in [0.15, 0.2) is 0 Å². The molecule has 8 nitrogen and oxygen atoms in total. The van der Waals surface area contributed by atoms with Crippen molar-refractivity contribution in [1.82, 2.24) is 15.4 Å². The fourth-order valence-corrected chi connectivity index (χ4v) is 2.60. The molecule has 21 heavy (non-hydrogen) atoms. The summed E-state index contributed by atoms with van der Waals surface area (Å²) in [5.74, 6) is -0.982. The van der Waals surface area contributed by atoms with Gasteiger partial charge in [0.25, 0.3) is 0 Å². The van der Waals surface area contributed by atoms with Gasteiger partial charge in [0.1, 0.15) is 0 Å². The molecular formula is C12H25N3O5S. The van der Waals surface area contributed by atoms with Gasteiger partial charge in [0.05, 0.1) is 11.7 Å². The van der Waals surface area contributed by atoms with Gasteiger partial charge in [-0.25, -0.2) is 17.9 Å². The number of amides is 2. The third-order valence-electron chi connectivity index (χ3n) is 3.09. The number of aliphatic carboxylic acids is 1. The molecule has 0 fully saturated rings. The molecule has 0 aromatic heterocycles. The lowest BCUT2D eigenvalue weighted by atomic mass is 9.88. The van der Waals surface area contributed by atoms with Crippen LogP contribution in [-0.4, -0.2) is 50.4 Å². The average Bonchev–Trinajstić information content (AvgIpc) is 2.30. The molecule has 0 rings (SSSR count). The molecule has 4 N–H and O–H groups in total. The molecule has 0 aromatic carbocycles. The highest BCUT2D eigenvalue weighted by atomic mass is 32.2. The molecule has 1 unspecified atom stereocenters. The van der Waals surface area contributed by atoms with Crippen LogP contribution in [0.2, 0.25) is 0 Å². The number of sulfonamides is 1. The summed E-state index contributed by atoms with van der Waals surface area (Å²) in [6, 6.07) is -0.542. The molecule has 0 spiro atoms. The molecule has 0 aliphatic rings. The van der Waals surface area contributed by atoms with Gasteiger partial charge in [0.15, 0.2) is 0 Å². The van der Waals surface area contributed by atoms with Gasteiger partial charge in [0.2, 0.25) is 10.0 Å². The number of hydrogen-bond acceptors (Lipinski definition) is 4. The van der Waals surface area contributed by atoms with Gasteiger partial charge in [-0.15, -0.1) is 0 Å². The summed E-state index contributed by atoms with van der Waals surface area (Å²) in [5.41, 5.74) is -1.87. The van der Waals surface area contributed by atoms with Gasteiger partial charge in [-0.05, 0) is 27.2 Å². The quantitative estimate of drug-likeness (QED) is 0.505. The molecule has 0 radical (unpaired) electrons. The average molecular weight is 323 g/mol. The Balaban J connectivity index is 4.38. The summed E-state index contributed by atoms with van der Waals surface area (Å²) in [6.07, 6.45) is 1.41. The standard InChI is InChI=1S/C12H25N3O5S/c1-6-12(4,9(16)17)8-14-10(18)13-7-11(2,3)15-21(5,19)20/h15H,6-8H2,1-5H3,(H,16,17)(H2,13,14,18). The molecule has 0 bridgehead atoms. The first-order chi connectivity index (χ1) is 9.31. The van der Waals surface area contributed by atoms with Crippen LogP contribution < -0.4 is 15.4 Å². The lowest BCUT2D eigenvalue weighted by molar-refractivity contribution is -0.147. The van der Waals surface area contributed by atoms with E-state index in [0.29, 0.717) is 6.42 Å². The summed E-state index contributed by atoms with van der Waals surface area (Å²) in [5, 5.41) is 14.1. The van der Waals surface area contributed by atoms with Crippen LogP contribution in [0.4, 0.5) is 4.79 Å². The maximum atomic E-state index is 11.6. The first-order valence-corrected chi connectivity index (χ1v) is 8.44. The van der Waals surface area contributed by atoms with Gasteiger partial charge >= 0.3 is 12.0 Å². The highest BCUT2D eigenvalue weighted by molar-refractivity contribution is 7.88. The van der Waals surface area contributed by atoms with E-state index in [2.05, 4.69) is 15.4 Å². The Labute approximate surface area is 125 Å². The first kappa shape index (κ1) is 19.7. The summed E-state index contributed by atoms with van der Waals surface area (Å²) >= 11 is 0. The van der Waals surface area contributed by atoms with Crippen molar-refractivity contribution < 1.29 is 23.1 Å². The fourth-order valence-electron chi connectivity index (χ4n) is 1.53. The van der Waals surface area contributed by atoms with E-state index >= 15 is 0 Å². The van der Waals surface area contributed by atoms with E-state index in [-0.39, 0.29) is 13.1 Å². The van der Waals surface area contributed by atoms with Crippen LogP contribution in [-0.2, 0) is 14.8 Å². The van der Waals surface area contributed by atoms with E-state index in [9.17, 15) is 18.0 Å². The minimum absolute atomic E-state index is 0.00933. The fraction of sp³-hybridized carbons (Fsp3) is 0.833. The normalized spacial score (nSPS) is 15.1. The summed E-state index contributed by atoms with van der Waals surface area (Å²) in [7, 11) is -3.38. The Morgan fingerprint density at radius 2 is 1.57 bits per heavy atom. The Kier molecular flexibility index (Phi) is 6.62. The Morgan fingerprint density at radius 1 is 1.10 bits per heavy atom. The van der Waals surface area contributed by atoms with Gasteiger partial charge in [-0.2, -0.15) is 0 Å². The van der Waals surface area contributed by atoms with Crippen LogP contribution in [0.5, 0.6) is 0 Å². The van der Waals surface area contributed by atoms with Crippen molar-refractivity contribution in [2.45, 2.75) is 39.7 Å². The maximum Gasteiger partial charge on any atom is 0.314 e. The van der Waals surface area contributed by atoms with Crippen LogP contribution in [0.1, 0.15) is 34.1 Å². The molecule has 1 atom stereocenters. The SMILES string of the molecule is CCC(C)(CNC(=O)NCC(C)(C)NS(C)(=O)=O)C(=O)O. The molecule has 0 aliphatic carbocycles. The maximum absolute atomic E-state index is 11.6. The zero-order valence-electron chi connectivity index (χ0n) is 13.1. The number of carbonyl (C=O) groups is 2. The topological polar surface area (TPSA) is 125 Å². The largest absolute Gasteiger partial charge is 0.481 e. The van der Waals surface area contributed by atoms with Crippen molar-refractivity contribution in [3.05, 3.63) is 0 Å². The molecule has 0 heterocycles. The second kappa shape index (κ2) is 7.08. The highest BCUT2D eigenvalue weighted by Crippen LogP contribution is 2.19. The van der Waals surface area contributed by atoms with E-state index in [1.807, 2.05) is 0 Å². The smallest absolute Gasteiger partial charge is 0.314 e. The minimum atomic E-state index is -3.38. The second-order valence-electron chi connectivity index (χ2n) is 6.01. The molecule has 0 aromatic rings. The minimum Gasteiger partial charge on any atom is -0.481 e. The second-order valence-corrected chi connectivity index (χ2v) is 7.76.